The third kappa shape index (κ3) is 2.34. The molecule has 0 unspecified atom stereocenters. The van der Waals surface area contributed by atoms with Gasteiger partial charge in [0.15, 0.2) is 5.82 Å². The smallest absolute Gasteiger partial charge is 0.183 e. The lowest BCUT2D eigenvalue weighted by atomic mass is 10.5. The topological polar surface area (TPSA) is 47.2 Å². The fourth-order valence-corrected chi connectivity index (χ4v) is 1.35. The summed E-state index contributed by atoms with van der Waals surface area (Å²) < 4.78 is 16.9. The van der Waals surface area contributed by atoms with Crippen molar-refractivity contribution in [2.75, 3.05) is 12.5 Å². The summed E-state index contributed by atoms with van der Waals surface area (Å²) in [6.45, 7) is 1.93. The van der Waals surface area contributed by atoms with Gasteiger partial charge < -0.3 is 0 Å². The first-order chi connectivity index (χ1) is 5.38. The molecule has 68 valence electrons. The summed E-state index contributed by atoms with van der Waals surface area (Å²) in [4.78, 5) is 0. The van der Waals surface area contributed by atoms with Crippen LogP contribution in [0.1, 0.15) is 5.69 Å². The first kappa shape index (κ1) is 9.25. The predicted molar refractivity (Wildman–Crippen MR) is 50.0 cm³/mol. The number of hydrogen-bond donors (Lipinski definition) is 0. The van der Waals surface area contributed by atoms with E-state index in [0.717, 1.165) is 5.69 Å². The third-order valence-corrected chi connectivity index (χ3v) is 2.04. The molecule has 1 rings (SSSR count). The molecule has 0 radical (unpaired) electrons. The van der Waals surface area contributed by atoms with E-state index in [1.54, 1.807) is 17.2 Å². The van der Waals surface area contributed by atoms with E-state index in [9.17, 15) is 4.21 Å². The quantitative estimate of drug-likeness (QED) is 0.660. The van der Waals surface area contributed by atoms with Crippen LogP contribution in [0.15, 0.2) is 10.4 Å². The zero-order valence-electron chi connectivity index (χ0n) is 7.74. The Morgan fingerprint density at radius 2 is 2.17 bits per heavy atom. The van der Waals surface area contributed by atoms with Crippen molar-refractivity contribution >= 4 is 15.5 Å². The van der Waals surface area contributed by atoms with Crippen molar-refractivity contribution in [3.05, 3.63) is 11.8 Å². The van der Waals surface area contributed by atoms with E-state index in [-0.39, 0.29) is 0 Å². The lowest BCUT2D eigenvalue weighted by molar-refractivity contribution is 0.684. The molecule has 5 heteroatoms. The molecule has 1 aromatic rings. The largest absolute Gasteiger partial charge is 0.271 e. The van der Waals surface area contributed by atoms with Crippen LogP contribution in [-0.2, 0) is 16.8 Å². The summed E-state index contributed by atoms with van der Waals surface area (Å²) in [6, 6.07) is 1.81. The summed E-state index contributed by atoms with van der Waals surface area (Å²) in [5.74, 6) is 0.546. The van der Waals surface area contributed by atoms with Crippen molar-refractivity contribution in [3.8, 4) is 0 Å². The fourth-order valence-electron chi connectivity index (χ4n) is 0.812. The van der Waals surface area contributed by atoms with E-state index in [1.165, 1.54) is 0 Å². The van der Waals surface area contributed by atoms with Gasteiger partial charge in [0.2, 0.25) is 0 Å². The van der Waals surface area contributed by atoms with Gasteiger partial charge in [0.25, 0.3) is 0 Å². The van der Waals surface area contributed by atoms with Crippen molar-refractivity contribution < 1.29 is 4.21 Å². The van der Waals surface area contributed by atoms with Gasteiger partial charge in [-0.25, -0.2) is 4.21 Å². The Hall–Kier alpha value is -0.840. The second kappa shape index (κ2) is 2.90. The van der Waals surface area contributed by atoms with Crippen LogP contribution in [-0.4, -0.2) is 26.5 Å². The maximum atomic E-state index is 11.3. The van der Waals surface area contributed by atoms with E-state index in [0.29, 0.717) is 5.82 Å². The number of rotatable bonds is 1. The Morgan fingerprint density at radius 1 is 1.58 bits per heavy atom. The minimum absolute atomic E-state index is 0.546. The van der Waals surface area contributed by atoms with Crippen LogP contribution in [0.3, 0.4) is 0 Å². The molecule has 0 atom stereocenters. The second-order valence-corrected chi connectivity index (χ2v) is 5.59. The van der Waals surface area contributed by atoms with E-state index in [1.807, 2.05) is 20.0 Å². The zero-order valence-corrected chi connectivity index (χ0v) is 8.55. The predicted octanol–water partition coefficient (Wildman–Crippen LogP) is 1.09. The molecule has 1 heterocycles. The molecular weight excluding hydrogens is 174 g/mol. The summed E-state index contributed by atoms with van der Waals surface area (Å²) in [5, 5.41) is 4.07. The van der Waals surface area contributed by atoms with Gasteiger partial charge in [-0.1, -0.05) is 0 Å². The van der Waals surface area contributed by atoms with Crippen LogP contribution < -0.4 is 0 Å². The van der Waals surface area contributed by atoms with Gasteiger partial charge in [0.1, 0.15) is 0 Å². The Balaban J connectivity index is 3.16. The molecule has 0 aliphatic carbocycles. The minimum atomic E-state index is -2.08. The molecule has 1 aromatic heterocycles. The summed E-state index contributed by atoms with van der Waals surface area (Å²) >= 11 is 0. The highest BCUT2D eigenvalue weighted by Gasteiger charge is 2.00. The standard InChI is InChI=1S/C7H13N3OS/c1-6-5-7(8-10(6)2)9-12(3,4)11/h5H,1-4H3. The Bertz CT molecular complexity index is 371. The van der Waals surface area contributed by atoms with Crippen LogP contribution in [0.25, 0.3) is 0 Å². The van der Waals surface area contributed by atoms with Crippen LogP contribution in [0.2, 0.25) is 0 Å². The Labute approximate surface area is 72.8 Å². The Morgan fingerprint density at radius 3 is 2.50 bits per heavy atom. The lowest BCUT2D eigenvalue weighted by Crippen LogP contribution is -1.92. The van der Waals surface area contributed by atoms with Crippen LogP contribution in [0.5, 0.6) is 0 Å². The molecule has 0 saturated carbocycles. The zero-order chi connectivity index (χ0) is 9.35. The van der Waals surface area contributed by atoms with Gasteiger partial charge >= 0.3 is 0 Å². The maximum Gasteiger partial charge on any atom is 0.183 e. The van der Waals surface area contributed by atoms with Gasteiger partial charge in [0, 0.05) is 41.0 Å². The van der Waals surface area contributed by atoms with E-state index < -0.39 is 9.73 Å². The SMILES string of the molecule is Cc1cc(N=S(C)(C)=O)nn1C. The van der Waals surface area contributed by atoms with Crippen molar-refractivity contribution in [2.45, 2.75) is 6.92 Å². The van der Waals surface area contributed by atoms with Crippen molar-refractivity contribution in [3.63, 3.8) is 0 Å². The van der Waals surface area contributed by atoms with E-state index in [4.69, 9.17) is 0 Å². The summed E-state index contributed by atoms with van der Waals surface area (Å²) in [6.07, 6.45) is 3.19. The molecular formula is C7H13N3OS. The molecule has 0 spiro atoms. The second-order valence-electron chi connectivity index (χ2n) is 3.04. The normalized spacial score (nSPS) is 11.7. The van der Waals surface area contributed by atoms with Crippen LogP contribution in [0.4, 0.5) is 5.82 Å². The molecule has 0 fully saturated rings. The van der Waals surface area contributed by atoms with Crippen LogP contribution >= 0.6 is 0 Å². The summed E-state index contributed by atoms with van der Waals surface area (Å²) in [5.41, 5.74) is 1.01. The highest BCUT2D eigenvalue weighted by molar-refractivity contribution is 7.92. The number of nitrogens with zero attached hydrogens (tertiary/aromatic N) is 3. The number of hydrogen-bond acceptors (Lipinski definition) is 3. The molecule has 0 aromatic carbocycles. The maximum absolute atomic E-state index is 11.3. The van der Waals surface area contributed by atoms with Crippen molar-refractivity contribution in [1.29, 1.82) is 0 Å². The van der Waals surface area contributed by atoms with Gasteiger partial charge in [-0.05, 0) is 6.92 Å². The van der Waals surface area contributed by atoms with Crippen molar-refractivity contribution in [1.82, 2.24) is 9.78 Å². The molecule has 12 heavy (non-hydrogen) atoms. The van der Waals surface area contributed by atoms with Crippen LogP contribution in [0, 0.1) is 6.92 Å². The highest BCUT2D eigenvalue weighted by atomic mass is 32.2. The molecule has 0 saturated heterocycles. The molecule has 0 aliphatic rings. The lowest BCUT2D eigenvalue weighted by Gasteiger charge is -1.90. The Kier molecular flexibility index (Phi) is 2.23. The van der Waals surface area contributed by atoms with Gasteiger partial charge in [-0.15, -0.1) is 0 Å². The first-order valence-electron chi connectivity index (χ1n) is 3.56. The minimum Gasteiger partial charge on any atom is -0.271 e. The molecule has 0 aliphatic heterocycles. The van der Waals surface area contributed by atoms with Gasteiger partial charge in [-0.2, -0.15) is 9.46 Å². The molecule has 0 N–H and O–H groups in total. The third-order valence-electron chi connectivity index (χ3n) is 1.41. The van der Waals surface area contributed by atoms with E-state index in [2.05, 4.69) is 9.46 Å². The van der Waals surface area contributed by atoms with E-state index >= 15 is 0 Å². The summed E-state index contributed by atoms with van der Waals surface area (Å²) in [7, 11) is -0.247. The molecule has 4 nitrogen and oxygen atoms in total. The van der Waals surface area contributed by atoms with Gasteiger partial charge in [0.05, 0.1) is 0 Å². The van der Waals surface area contributed by atoms with Gasteiger partial charge in [-0.3, -0.25) is 4.68 Å². The highest BCUT2D eigenvalue weighted by Crippen LogP contribution is 2.12. The first-order valence-corrected chi connectivity index (χ1v) is 5.89. The molecule has 0 bridgehead atoms. The average molecular weight is 187 g/mol. The monoisotopic (exact) mass is 187 g/mol. The average Bonchev–Trinajstić information content (AvgIpc) is 2.07. The number of aromatic nitrogens is 2. The molecule has 0 amide bonds. The fraction of sp³-hybridized carbons (Fsp3) is 0.571. The number of aryl methyl sites for hydroxylation is 2. The van der Waals surface area contributed by atoms with Crippen molar-refractivity contribution in [2.24, 2.45) is 11.4 Å².